The van der Waals surface area contributed by atoms with E-state index in [1.807, 2.05) is 0 Å². The van der Waals surface area contributed by atoms with Crippen LogP contribution in [0.15, 0.2) is 76.6 Å². The first kappa shape index (κ1) is 24.0. The molecule has 1 amide bonds. The number of hydrogen-bond donors (Lipinski definition) is 1. The molecule has 1 N–H and O–H groups in total. The Morgan fingerprint density at radius 3 is 2.66 bits per heavy atom. The summed E-state index contributed by atoms with van der Waals surface area (Å²) in [5.74, 6) is -0.742. The smallest absolute Gasteiger partial charge is 0.335 e. The minimum Gasteiger partial charge on any atom is -0.493 e. The highest BCUT2D eigenvalue weighted by Crippen LogP contribution is 2.35. The van der Waals surface area contributed by atoms with Crippen LogP contribution in [0.5, 0.6) is 11.5 Å². The Morgan fingerprint density at radius 1 is 1.11 bits per heavy atom. The van der Waals surface area contributed by atoms with Gasteiger partial charge in [-0.05, 0) is 59.8 Å². The first-order valence-electron chi connectivity index (χ1n) is 10.5. The quantitative estimate of drug-likeness (QED) is 0.448. The molecule has 0 bridgehead atoms. The summed E-state index contributed by atoms with van der Waals surface area (Å²) in [5.41, 5.74) is 1.69. The van der Waals surface area contributed by atoms with Gasteiger partial charge < -0.3 is 14.6 Å². The fourth-order valence-corrected chi connectivity index (χ4v) is 4.27. The lowest BCUT2D eigenvalue weighted by Crippen LogP contribution is -2.23. The van der Waals surface area contributed by atoms with Crippen LogP contribution in [0.25, 0.3) is 6.08 Å². The molecule has 0 unspecified atom stereocenters. The van der Waals surface area contributed by atoms with Crippen LogP contribution in [0.2, 0.25) is 0 Å². The number of thioether (sulfide) groups is 1. The third-order valence-electron chi connectivity index (χ3n) is 5.15. The van der Waals surface area contributed by atoms with Crippen molar-refractivity contribution < 1.29 is 28.6 Å². The summed E-state index contributed by atoms with van der Waals surface area (Å²) >= 11 is 1.18. The Balaban J connectivity index is 1.54. The molecule has 1 aliphatic rings. The van der Waals surface area contributed by atoms with Gasteiger partial charge in [0.2, 0.25) is 0 Å². The molecule has 4 rings (SSSR count). The fraction of sp³-hybridized carbons (Fsp3) is 0.115. The van der Waals surface area contributed by atoms with E-state index < -0.39 is 5.97 Å². The monoisotopic (exact) mass is 492 g/mol. The third-order valence-corrected chi connectivity index (χ3v) is 6.21. The van der Waals surface area contributed by atoms with Gasteiger partial charge in [0.05, 0.1) is 23.3 Å². The van der Waals surface area contributed by atoms with E-state index in [1.54, 1.807) is 61.7 Å². The lowest BCUT2D eigenvalue weighted by Gasteiger charge is -2.12. The van der Waals surface area contributed by atoms with E-state index in [4.69, 9.17) is 9.47 Å². The highest BCUT2D eigenvalue weighted by atomic mass is 32.2. The maximum Gasteiger partial charge on any atom is 0.335 e. The Labute approximate surface area is 205 Å². The first-order chi connectivity index (χ1) is 16.9. The van der Waals surface area contributed by atoms with Crippen LogP contribution >= 0.6 is 11.8 Å². The number of carbonyl (C=O) groups excluding carboxylic acids is 1. The number of aromatic carboxylic acids is 1. The zero-order chi connectivity index (χ0) is 24.9. The number of nitrogens with zero attached hydrogens (tertiary/aromatic N) is 2. The van der Waals surface area contributed by atoms with Crippen molar-refractivity contribution in [2.75, 3.05) is 14.2 Å². The summed E-state index contributed by atoms with van der Waals surface area (Å²) in [5, 5.41) is 9.60. The molecule has 35 heavy (non-hydrogen) atoms. The van der Waals surface area contributed by atoms with Gasteiger partial charge >= 0.3 is 5.97 Å². The standard InChI is InChI=1S/C26H21FN2O5S/c1-29-24(30)23(35-26(29)28-19-8-5-7-17(14-19)25(31)32)13-16-10-11-21(22(12-16)33-2)34-15-18-6-3-4-9-20(18)27/h3-14H,15H2,1-2H3,(H,31,32). The second kappa shape index (κ2) is 10.4. The molecule has 0 atom stereocenters. The van der Waals surface area contributed by atoms with Crippen molar-refractivity contribution in [1.82, 2.24) is 4.90 Å². The summed E-state index contributed by atoms with van der Waals surface area (Å²) in [4.78, 5) is 30.3. The van der Waals surface area contributed by atoms with Crippen LogP contribution in [0.1, 0.15) is 21.5 Å². The number of halogens is 1. The molecule has 1 aliphatic heterocycles. The molecule has 0 spiro atoms. The van der Waals surface area contributed by atoms with E-state index in [1.165, 1.54) is 42.0 Å². The second-order valence-electron chi connectivity index (χ2n) is 7.52. The second-order valence-corrected chi connectivity index (χ2v) is 8.52. The van der Waals surface area contributed by atoms with Gasteiger partial charge in [0, 0.05) is 12.6 Å². The van der Waals surface area contributed by atoms with E-state index in [0.29, 0.717) is 38.4 Å². The number of likely N-dealkylation sites (N-methyl/N-ethyl adjacent to an activating group) is 1. The topological polar surface area (TPSA) is 88.4 Å². The highest BCUT2D eigenvalue weighted by molar-refractivity contribution is 8.18. The van der Waals surface area contributed by atoms with Gasteiger partial charge in [0.1, 0.15) is 12.4 Å². The molecule has 1 fully saturated rings. The normalized spacial score (nSPS) is 15.6. The van der Waals surface area contributed by atoms with Gasteiger partial charge in [-0.1, -0.05) is 30.3 Å². The number of benzene rings is 3. The van der Waals surface area contributed by atoms with Crippen molar-refractivity contribution in [3.05, 3.63) is 94.1 Å². The van der Waals surface area contributed by atoms with Gasteiger partial charge in [-0.3, -0.25) is 9.69 Å². The number of amidine groups is 1. The number of aliphatic imine (C=N–C) groups is 1. The predicted molar refractivity (Wildman–Crippen MR) is 133 cm³/mol. The third kappa shape index (κ3) is 5.52. The molecular formula is C26H21FN2O5S. The van der Waals surface area contributed by atoms with Crippen LogP contribution in [-0.4, -0.2) is 41.2 Å². The van der Waals surface area contributed by atoms with Gasteiger partial charge in [-0.15, -0.1) is 0 Å². The van der Waals surface area contributed by atoms with Crippen LogP contribution in [0, 0.1) is 5.82 Å². The van der Waals surface area contributed by atoms with Crippen molar-refractivity contribution in [3.63, 3.8) is 0 Å². The van der Waals surface area contributed by atoms with Crippen molar-refractivity contribution in [2.24, 2.45) is 4.99 Å². The van der Waals surface area contributed by atoms with E-state index >= 15 is 0 Å². The Bertz CT molecular complexity index is 1360. The number of carbonyl (C=O) groups is 2. The highest BCUT2D eigenvalue weighted by Gasteiger charge is 2.30. The zero-order valence-corrected chi connectivity index (χ0v) is 19.7. The van der Waals surface area contributed by atoms with Gasteiger partial charge in [0.25, 0.3) is 5.91 Å². The maximum atomic E-state index is 13.9. The summed E-state index contributed by atoms with van der Waals surface area (Å²) in [7, 11) is 3.11. The molecule has 0 aromatic heterocycles. The maximum absolute atomic E-state index is 13.9. The van der Waals surface area contributed by atoms with E-state index in [0.717, 1.165) is 0 Å². The van der Waals surface area contributed by atoms with E-state index in [-0.39, 0.29) is 23.9 Å². The molecule has 3 aromatic rings. The average Bonchev–Trinajstić information content (AvgIpc) is 3.11. The van der Waals surface area contributed by atoms with Crippen LogP contribution < -0.4 is 9.47 Å². The molecule has 3 aromatic carbocycles. The summed E-state index contributed by atoms with van der Waals surface area (Å²) in [6, 6.07) is 17.8. The molecular weight excluding hydrogens is 471 g/mol. The number of carboxylic acid groups (broad SMARTS) is 1. The summed E-state index contributed by atoms with van der Waals surface area (Å²) in [6.07, 6.45) is 1.71. The van der Waals surface area contributed by atoms with Crippen LogP contribution in [0.3, 0.4) is 0 Å². The number of rotatable bonds is 7. The molecule has 7 nitrogen and oxygen atoms in total. The minimum atomic E-state index is -1.05. The van der Waals surface area contributed by atoms with Gasteiger partial charge in [0.15, 0.2) is 16.7 Å². The van der Waals surface area contributed by atoms with Crippen LogP contribution in [0.4, 0.5) is 10.1 Å². The predicted octanol–water partition coefficient (Wildman–Crippen LogP) is 5.35. The molecule has 9 heteroatoms. The van der Waals surface area contributed by atoms with E-state index in [2.05, 4.69) is 4.99 Å². The number of amides is 1. The van der Waals surface area contributed by atoms with Crippen molar-refractivity contribution in [3.8, 4) is 11.5 Å². The van der Waals surface area contributed by atoms with Crippen molar-refractivity contribution in [2.45, 2.75) is 6.61 Å². The number of methoxy groups -OCH3 is 1. The number of ether oxygens (including phenoxy) is 2. The Hall–Kier alpha value is -4.11. The summed E-state index contributed by atoms with van der Waals surface area (Å²) in [6.45, 7) is 0.0471. The molecule has 0 aliphatic carbocycles. The Kier molecular flexibility index (Phi) is 7.17. The lowest BCUT2D eigenvalue weighted by atomic mass is 10.1. The SMILES string of the molecule is COc1cc(C=C2SC(=Nc3cccc(C(=O)O)c3)N(C)C2=O)ccc1OCc1ccccc1F. The molecule has 178 valence electrons. The Morgan fingerprint density at radius 2 is 1.91 bits per heavy atom. The largest absolute Gasteiger partial charge is 0.493 e. The van der Waals surface area contributed by atoms with E-state index in [9.17, 15) is 19.1 Å². The lowest BCUT2D eigenvalue weighted by molar-refractivity contribution is -0.121. The van der Waals surface area contributed by atoms with Gasteiger partial charge in [-0.25, -0.2) is 14.2 Å². The minimum absolute atomic E-state index is 0.0471. The average molecular weight is 493 g/mol. The van der Waals surface area contributed by atoms with Crippen LogP contribution in [-0.2, 0) is 11.4 Å². The summed E-state index contributed by atoms with van der Waals surface area (Å²) < 4.78 is 25.0. The number of carboxylic acids is 1. The zero-order valence-electron chi connectivity index (χ0n) is 18.9. The number of hydrogen-bond acceptors (Lipinski definition) is 6. The molecule has 0 saturated carbocycles. The van der Waals surface area contributed by atoms with Gasteiger partial charge in [-0.2, -0.15) is 0 Å². The van der Waals surface area contributed by atoms with Crippen molar-refractivity contribution >= 4 is 40.6 Å². The molecule has 1 saturated heterocycles. The van der Waals surface area contributed by atoms with Crippen molar-refractivity contribution in [1.29, 1.82) is 0 Å². The fourth-order valence-electron chi connectivity index (χ4n) is 3.29. The molecule has 1 heterocycles. The molecule has 0 radical (unpaired) electrons. The first-order valence-corrected chi connectivity index (χ1v) is 11.3.